The molecule has 0 aromatic rings. The van der Waals surface area contributed by atoms with E-state index in [0.29, 0.717) is 12.7 Å². The van der Waals surface area contributed by atoms with Crippen molar-refractivity contribution in [3.05, 3.63) is 24.2 Å². The first kappa shape index (κ1) is 8.18. The smallest absolute Gasteiger partial charge is 0.229 e. The summed E-state index contributed by atoms with van der Waals surface area (Å²) in [4.78, 5) is 0. The minimum Gasteiger partial charge on any atom is -0.465 e. The van der Waals surface area contributed by atoms with Crippen molar-refractivity contribution < 1.29 is 9.47 Å². The van der Waals surface area contributed by atoms with Gasteiger partial charge in [0.1, 0.15) is 0 Å². The molecule has 1 unspecified atom stereocenters. The highest BCUT2D eigenvalue weighted by molar-refractivity contribution is 4.94. The summed E-state index contributed by atoms with van der Waals surface area (Å²) in [5, 5.41) is 0. The van der Waals surface area contributed by atoms with Crippen LogP contribution >= 0.6 is 0 Å². The van der Waals surface area contributed by atoms with Gasteiger partial charge < -0.3 is 9.47 Å². The Balaban J connectivity index is 2.51. The molecule has 0 saturated heterocycles. The maximum Gasteiger partial charge on any atom is 0.229 e. The molecule has 0 N–H and O–H groups in total. The second kappa shape index (κ2) is 4.06. The Labute approximate surface area is 67.5 Å². The van der Waals surface area contributed by atoms with Crippen molar-refractivity contribution in [1.82, 2.24) is 0 Å². The van der Waals surface area contributed by atoms with E-state index in [1.165, 1.54) is 0 Å². The second-order valence-electron chi connectivity index (χ2n) is 2.79. The molecule has 0 aromatic carbocycles. The van der Waals surface area contributed by atoms with Crippen molar-refractivity contribution in [2.24, 2.45) is 5.92 Å². The zero-order chi connectivity index (χ0) is 8.10. The van der Waals surface area contributed by atoms with Gasteiger partial charge in [0, 0.05) is 0 Å². The zero-order valence-corrected chi connectivity index (χ0v) is 7.04. The Kier molecular flexibility index (Phi) is 3.02. The molecule has 1 aliphatic heterocycles. The SMILES string of the molecule is C/C1=C\CC(C)/C=C/OCO1. The summed E-state index contributed by atoms with van der Waals surface area (Å²) in [6, 6.07) is 0. The third-order valence-corrected chi connectivity index (χ3v) is 1.64. The van der Waals surface area contributed by atoms with E-state index in [2.05, 4.69) is 13.0 Å². The molecule has 0 amide bonds. The summed E-state index contributed by atoms with van der Waals surface area (Å²) in [6.45, 7) is 4.42. The van der Waals surface area contributed by atoms with Gasteiger partial charge in [-0.15, -0.1) is 0 Å². The molecule has 62 valence electrons. The fraction of sp³-hybridized carbons (Fsp3) is 0.556. The fourth-order valence-electron chi connectivity index (χ4n) is 0.845. The van der Waals surface area contributed by atoms with Crippen LogP contribution in [0.4, 0.5) is 0 Å². The molecule has 2 heteroatoms. The van der Waals surface area contributed by atoms with E-state index in [9.17, 15) is 0 Å². The summed E-state index contributed by atoms with van der Waals surface area (Å²) in [5.74, 6) is 1.48. The summed E-state index contributed by atoms with van der Waals surface area (Å²) >= 11 is 0. The largest absolute Gasteiger partial charge is 0.465 e. The fourth-order valence-corrected chi connectivity index (χ4v) is 0.845. The van der Waals surface area contributed by atoms with Crippen molar-refractivity contribution >= 4 is 0 Å². The van der Waals surface area contributed by atoms with Gasteiger partial charge in [0.15, 0.2) is 0 Å². The number of allylic oxidation sites excluding steroid dienone is 3. The average molecular weight is 154 g/mol. The molecule has 1 aliphatic rings. The highest BCUT2D eigenvalue weighted by atomic mass is 16.7. The monoisotopic (exact) mass is 154 g/mol. The Morgan fingerprint density at radius 2 is 2.36 bits per heavy atom. The van der Waals surface area contributed by atoms with Gasteiger partial charge in [0.05, 0.1) is 12.0 Å². The maximum atomic E-state index is 5.20. The molecular formula is C9H14O2. The molecule has 0 spiro atoms. The molecule has 0 aliphatic carbocycles. The maximum absolute atomic E-state index is 5.20. The Morgan fingerprint density at radius 3 is 3.18 bits per heavy atom. The first-order valence-electron chi connectivity index (χ1n) is 3.87. The van der Waals surface area contributed by atoms with Crippen LogP contribution in [0.1, 0.15) is 20.3 Å². The Hall–Kier alpha value is -0.920. The van der Waals surface area contributed by atoms with Crippen LogP contribution in [0.5, 0.6) is 0 Å². The van der Waals surface area contributed by atoms with Crippen molar-refractivity contribution in [2.45, 2.75) is 20.3 Å². The van der Waals surface area contributed by atoms with E-state index in [1.54, 1.807) is 6.26 Å². The van der Waals surface area contributed by atoms with Crippen LogP contribution in [0, 0.1) is 5.92 Å². The molecular weight excluding hydrogens is 140 g/mol. The highest BCUT2D eigenvalue weighted by Crippen LogP contribution is 2.10. The predicted octanol–water partition coefficient (Wildman–Crippen LogP) is 2.43. The third-order valence-electron chi connectivity index (χ3n) is 1.64. The van der Waals surface area contributed by atoms with Crippen LogP contribution in [-0.4, -0.2) is 6.79 Å². The lowest BCUT2D eigenvalue weighted by molar-refractivity contribution is 0.0297. The Bertz CT molecular complexity index is 170. The summed E-state index contributed by atoms with van der Waals surface area (Å²) in [7, 11) is 0. The molecule has 0 radical (unpaired) electrons. The van der Waals surface area contributed by atoms with Crippen LogP contribution in [0.15, 0.2) is 24.2 Å². The molecule has 1 rings (SSSR count). The third kappa shape index (κ3) is 3.12. The molecule has 0 saturated carbocycles. The van der Waals surface area contributed by atoms with Gasteiger partial charge in [0.25, 0.3) is 0 Å². The van der Waals surface area contributed by atoms with Crippen molar-refractivity contribution in [2.75, 3.05) is 6.79 Å². The highest BCUT2D eigenvalue weighted by Gasteiger charge is 1.98. The van der Waals surface area contributed by atoms with Gasteiger partial charge in [0.2, 0.25) is 6.79 Å². The standard InChI is InChI=1S/C9H14O2/c1-8-3-4-9(2)11-7-10-6-5-8/h4-6,8H,3,7H2,1-2H3/b6-5+,9-4+. The van der Waals surface area contributed by atoms with Gasteiger partial charge >= 0.3 is 0 Å². The Morgan fingerprint density at radius 1 is 1.55 bits per heavy atom. The van der Waals surface area contributed by atoms with Crippen LogP contribution < -0.4 is 0 Å². The minimum atomic E-state index is 0.325. The molecule has 0 bridgehead atoms. The van der Waals surface area contributed by atoms with Crippen LogP contribution in [0.25, 0.3) is 0 Å². The number of hydrogen-bond acceptors (Lipinski definition) is 2. The summed E-state index contributed by atoms with van der Waals surface area (Å²) in [5.41, 5.74) is 0. The molecule has 0 fully saturated rings. The van der Waals surface area contributed by atoms with Gasteiger partial charge in [-0.3, -0.25) is 0 Å². The van der Waals surface area contributed by atoms with Crippen LogP contribution in [0.2, 0.25) is 0 Å². The van der Waals surface area contributed by atoms with Gasteiger partial charge in [-0.25, -0.2) is 0 Å². The van der Waals surface area contributed by atoms with E-state index >= 15 is 0 Å². The summed E-state index contributed by atoms with van der Waals surface area (Å²) < 4.78 is 10.3. The zero-order valence-electron chi connectivity index (χ0n) is 7.04. The normalized spacial score (nSPS) is 32.9. The van der Waals surface area contributed by atoms with E-state index in [0.717, 1.165) is 12.2 Å². The van der Waals surface area contributed by atoms with E-state index in [-0.39, 0.29) is 0 Å². The molecule has 0 aromatic heterocycles. The lowest BCUT2D eigenvalue weighted by atomic mass is 10.1. The topological polar surface area (TPSA) is 18.5 Å². The molecule has 1 heterocycles. The number of ether oxygens (including phenoxy) is 2. The van der Waals surface area contributed by atoms with E-state index < -0.39 is 0 Å². The van der Waals surface area contributed by atoms with Crippen LogP contribution in [0.3, 0.4) is 0 Å². The van der Waals surface area contributed by atoms with Crippen molar-refractivity contribution in [1.29, 1.82) is 0 Å². The minimum absolute atomic E-state index is 0.325. The lowest BCUT2D eigenvalue weighted by Crippen LogP contribution is -1.92. The van der Waals surface area contributed by atoms with Gasteiger partial charge in [-0.2, -0.15) is 0 Å². The second-order valence-corrected chi connectivity index (χ2v) is 2.79. The number of hydrogen-bond donors (Lipinski definition) is 0. The van der Waals surface area contributed by atoms with Crippen molar-refractivity contribution in [3.8, 4) is 0 Å². The van der Waals surface area contributed by atoms with E-state index in [4.69, 9.17) is 9.47 Å². The quantitative estimate of drug-likeness (QED) is 0.533. The lowest BCUT2D eigenvalue weighted by Gasteiger charge is -2.03. The molecule has 11 heavy (non-hydrogen) atoms. The molecule has 2 nitrogen and oxygen atoms in total. The van der Waals surface area contributed by atoms with Crippen molar-refractivity contribution in [3.63, 3.8) is 0 Å². The average Bonchev–Trinajstić information content (AvgIpc) is 2.06. The van der Waals surface area contributed by atoms with Crippen LogP contribution in [-0.2, 0) is 9.47 Å². The van der Waals surface area contributed by atoms with E-state index in [1.807, 2.05) is 13.0 Å². The predicted molar refractivity (Wildman–Crippen MR) is 43.7 cm³/mol. The van der Waals surface area contributed by atoms with Gasteiger partial charge in [-0.1, -0.05) is 6.92 Å². The summed E-state index contributed by atoms with van der Waals surface area (Å²) in [6.07, 6.45) is 6.85. The molecule has 1 atom stereocenters. The first-order chi connectivity index (χ1) is 5.29. The first-order valence-corrected chi connectivity index (χ1v) is 3.87. The van der Waals surface area contributed by atoms with Gasteiger partial charge in [-0.05, 0) is 31.4 Å². The number of rotatable bonds is 0.